The van der Waals surface area contributed by atoms with Gasteiger partial charge in [0.05, 0.1) is 6.04 Å². The maximum absolute atomic E-state index is 12.4. The van der Waals surface area contributed by atoms with Crippen molar-refractivity contribution in [3.63, 3.8) is 0 Å². The first-order valence-electron chi connectivity index (χ1n) is 8.86. The number of pyridine rings is 1. The maximum atomic E-state index is 12.4. The Kier molecular flexibility index (Phi) is 9.08. The van der Waals surface area contributed by atoms with E-state index in [1.807, 2.05) is 30.2 Å². The summed E-state index contributed by atoms with van der Waals surface area (Å²) in [6, 6.07) is 5.70. The molecule has 1 fully saturated rings. The summed E-state index contributed by atoms with van der Waals surface area (Å²) in [6.45, 7) is 7.71. The van der Waals surface area contributed by atoms with Gasteiger partial charge in [0.25, 0.3) is 0 Å². The summed E-state index contributed by atoms with van der Waals surface area (Å²) in [5.41, 5.74) is 6.00. The standard InChI is InChI=1S/C18H30N4O.ClH/c1-3-7-16(19)18(23)21(4-2)14-15-9-12-22(13-10-15)17-8-5-6-11-20-17;/h5-6,8,11,15-16H,3-4,7,9-10,12-14,19H2,1-2H3;1H. The van der Waals surface area contributed by atoms with E-state index in [1.54, 1.807) is 0 Å². The largest absolute Gasteiger partial charge is 0.357 e. The lowest BCUT2D eigenvalue weighted by Gasteiger charge is -2.35. The zero-order valence-corrected chi connectivity index (χ0v) is 15.7. The minimum absolute atomic E-state index is 0. The lowest BCUT2D eigenvalue weighted by atomic mass is 9.95. The summed E-state index contributed by atoms with van der Waals surface area (Å²) >= 11 is 0. The lowest BCUT2D eigenvalue weighted by Crippen LogP contribution is -2.47. The molecule has 0 spiro atoms. The number of rotatable bonds is 7. The molecule has 6 heteroatoms. The molecule has 1 aliphatic heterocycles. The van der Waals surface area contributed by atoms with Gasteiger partial charge in [0.1, 0.15) is 5.82 Å². The van der Waals surface area contributed by atoms with Crippen LogP contribution < -0.4 is 10.6 Å². The molecule has 1 saturated heterocycles. The Morgan fingerprint density at radius 1 is 1.38 bits per heavy atom. The summed E-state index contributed by atoms with van der Waals surface area (Å²) in [6.07, 6.45) is 5.77. The number of hydrogen-bond donors (Lipinski definition) is 1. The van der Waals surface area contributed by atoms with Crippen LogP contribution >= 0.6 is 12.4 Å². The summed E-state index contributed by atoms with van der Waals surface area (Å²) in [4.78, 5) is 21.1. The van der Waals surface area contributed by atoms with Gasteiger partial charge in [0, 0.05) is 32.4 Å². The van der Waals surface area contributed by atoms with Gasteiger partial charge in [-0.2, -0.15) is 0 Å². The van der Waals surface area contributed by atoms with Crippen molar-refractivity contribution in [1.82, 2.24) is 9.88 Å². The van der Waals surface area contributed by atoms with Crippen LogP contribution in [0.4, 0.5) is 5.82 Å². The first-order valence-corrected chi connectivity index (χ1v) is 8.86. The number of halogens is 1. The highest BCUT2D eigenvalue weighted by Gasteiger charge is 2.25. The Labute approximate surface area is 152 Å². The summed E-state index contributed by atoms with van der Waals surface area (Å²) < 4.78 is 0. The van der Waals surface area contributed by atoms with E-state index >= 15 is 0 Å². The van der Waals surface area contributed by atoms with Crippen molar-refractivity contribution in [3.05, 3.63) is 24.4 Å². The molecule has 1 amide bonds. The zero-order valence-electron chi connectivity index (χ0n) is 14.9. The van der Waals surface area contributed by atoms with Gasteiger partial charge in [0.15, 0.2) is 0 Å². The van der Waals surface area contributed by atoms with Crippen molar-refractivity contribution < 1.29 is 4.79 Å². The summed E-state index contributed by atoms with van der Waals surface area (Å²) in [5, 5.41) is 0. The van der Waals surface area contributed by atoms with Crippen molar-refractivity contribution in [2.24, 2.45) is 11.7 Å². The van der Waals surface area contributed by atoms with Crippen LogP contribution in [0.2, 0.25) is 0 Å². The van der Waals surface area contributed by atoms with Gasteiger partial charge in [-0.05, 0) is 44.2 Å². The molecule has 1 unspecified atom stereocenters. The van der Waals surface area contributed by atoms with E-state index in [9.17, 15) is 4.79 Å². The summed E-state index contributed by atoms with van der Waals surface area (Å²) in [7, 11) is 0. The fourth-order valence-corrected chi connectivity index (χ4v) is 3.24. The SMILES string of the molecule is CCCC(N)C(=O)N(CC)CC1CCN(c2ccccn2)CC1.Cl. The minimum atomic E-state index is -0.339. The van der Waals surface area contributed by atoms with Crippen LogP contribution in [0.1, 0.15) is 39.5 Å². The number of aromatic nitrogens is 1. The van der Waals surface area contributed by atoms with E-state index in [1.165, 1.54) is 0 Å². The van der Waals surface area contributed by atoms with E-state index in [0.29, 0.717) is 5.92 Å². The number of amides is 1. The fourth-order valence-electron chi connectivity index (χ4n) is 3.24. The third-order valence-electron chi connectivity index (χ3n) is 4.68. The van der Waals surface area contributed by atoms with E-state index < -0.39 is 0 Å². The number of piperidine rings is 1. The average molecular weight is 355 g/mol. The second kappa shape index (κ2) is 10.5. The smallest absolute Gasteiger partial charge is 0.239 e. The molecule has 0 bridgehead atoms. The highest BCUT2D eigenvalue weighted by molar-refractivity contribution is 5.85. The van der Waals surface area contributed by atoms with Crippen LogP contribution in [0.15, 0.2) is 24.4 Å². The molecule has 1 aromatic heterocycles. The Hall–Kier alpha value is -1.33. The maximum Gasteiger partial charge on any atom is 0.239 e. The van der Waals surface area contributed by atoms with Crippen LogP contribution in [-0.2, 0) is 4.79 Å². The van der Waals surface area contributed by atoms with Gasteiger partial charge >= 0.3 is 0 Å². The number of nitrogens with two attached hydrogens (primary N) is 1. The Morgan fingerprint density at radius 3 is 2.62 bits per heavy atom. The van der Waals surface area contributed by atoms with Crippen LogP contribution in [-0.4, -0.2) is 48.0 Å². The van der Waals surface area contributed by atoms with Crippen LogP contribution in [0, 0.1) is 5.92 Å². The molecule has 5 nitrogen and oxygen atoms in total. The normalized spacial score (nSPS) is 16.4. The molecule has 0 aliphatic carbocycles. The van der Waals surface area contributed by atoms with Crippen LogP contribution in [0.5, 0.6) is 0 Å². The highest BCUT2D eigenvalue weighted by Crippen LogP contribution is 2.22. The molecular weight excluding hydrogens is 324 g/mol. The van der Waals surface area contributed by atoms with Gasteiger partial charge in [-0.3, -0.25) is 4.79 Å². The van der Waals surface area contributed by atoms with Crippen molar-refractivity contribution in [2.75, 3.05) is 31.1 Å². The molecule has 1 atom stereocenters. The highest BCUT2D eigenvalue weighted by atomic mass is 35.5. The van der Waals surface area contributed by atoms with Gasteiger partial charge in [0.2, 0.25) is 5.91 Å². The molecule has 2 heterocycles. The number of anilines is 1. The number of carbonyl (C=O) groups is 1. The van der Waals surface area contributed by atoms with Crippen molar-refractivity contribution in [2.45, 2.75) is 45.6 Å². The van der Waals surface area contributed by atoms with Crippen LogP contribution in [0.25, 0.3) is 0 Å². The van der Waals surface area contributed by atoms with E-state index in [-0.39, 0.29) is 24.4 Å². The predicted octanol–water partition coefficient (Wildman–Crippen LogP) is 2.70. The van der Waals surface area contributed by atoms with Gasteiger partial charge in [-0.1, -0.05) is 19.4 Å². The number of carbonyl (C=O) groups excluding carboxylic acids is 1. The van der Waals surface area contributed by atoms with E-state index in [0.717, 1.165) is 57.7 Å². The molecule has 136 valence electrons. The first kappa shape index (κ1) is 20.7. The molecule has 0 radical (unpaired) electrons. The lowest BCUT2D eigenvalue weighted by molar-refractivity contribution is -0.133. The first-order chi connectivity index (χ1) is 11.2. The van der Waals surface area contributed by atoms with Crippen molar-refractivity contribution >= 4 is 24.1 Å². The average Bonchev–Trinajstić information content (AvgIpc) is 2.60. The Bertz CT molecular complexity index is 477. The second-order valence-electron chi connectivity index (χ2n) is 6.39. The summed E-state index contributed by atoms with van der Waals surface area (Å²) in [5.74, 6) is 1.73. The molecule has 2 N–H and O–H groups in total. The Morgan fingerprint density at radius 2 is 2.08 bits per heavy atom. The van der Waals surface area contributed by atoms with E-state index in [2.05, 4.69) is 22.9 Å². The topological polar surface area (TPSA) is 62.5 Å². The number of hydrogen-bond acceptors (Lipinski definition) is 4. The van der Waals surface area contributed by atoms with Gasteiger partial charge in [-0.15, -0.1) is 12.4 Å². The van der Waals surface area contributed by atoms with Crippen molar-refractivity contribution in [1.29, 1.82) is 0 Å². The molecular formula is C18H31ClN4O. The zero-order chi connectivity index (χ0) is 16.7. The fraction of sp³-hybridized carbons (Fsp3) is 0.667. The molecule has 0 aromatic carbocycles. The van der Waals surface area contributed by atoms with Crippen LogP contribution in [0.3, 0.4) is 0 Å². The Balaban J connectivity index is 0.00000288. The molecule has 0 saturated carbocycles. The molecule has 2 rings (SSSR count). The molecule has 24 heavy (non-hydrogen) atoms. The minimum Gasteiger partial charge on any atom is -0.357 e. The number of likely N-dealkylation sites (N-methyl/N-ethyl adjacent to an activating group) is 1. The third kappa shape index (κ3) is 5.64. The van der Waals surface area contributed by atoms with Gasteiger partial charge in [-0.25, -0.2) is 4.98 Å². The van der Waals surface area contributed by atoms with E-state index in [4.69, 9.17) is 5.73 Å². The van der Waals surface area contributed by atoms with Crippen molar-refractivity contribution in [3.8, 4) is 0 Å². The molecule has 1 aromatic rings. The van der Waals surface area contributed by atoms with Gasteiger partial charge < -0.3 is 15.5 Å². The second-order valence-corrected chi connectivity index (χ2v) is 6.39. The molecule has 1 aliphatic rings. The number of nitrogens with zero attached hydrogens (tertiary/aromatic N) is 3. The monoisotopic (exact) mass is 354 g/mol. The predicted molar refractivity (Wildman–Crippen MR) is 102 cm³/mol. The quantitative estimate of drug-likeness (QED) is 0.817. The third-order valence-corrected chi connectivity index (χ3v) is 4.68.